The molecule has 0 atom stereocenters. The van der Waals surface area contributed by atoms with Crippen molar-refractivity contribution in [3.63, 3.8) is 0 Å². The third-order valence-electron chi connectivity index (χ3n) is 0. The van der Waals surface area contributed by atoms with E-state index in [1.54, 1.807) is 0 Å². The summed E-state index contributed by atoms with van der Waals surface area (Å²) in [6.07, 6.45) is 0. The Morgan fingerprint density at radius 3 is 0.444 bits per heavy atom. The van der Waals surface area contributed by atoms with Gasteiger partial charge in [-0.25, -0.2) is 0 Å². The molecule has 0 saturated heterocycles. The molecule has 0 rings (SSSR count). The average molecular weight is 914 g/mol. The van der Waals surface area contributed by atoms with Gasteiger partial charge in [0.1, 0.15) is 0 Å². The molecule has 0 nitrogen and oxygen atoms in total. The largest absolute Gasteiger partial charge is 3.00 e. The first-order chi connectivity index (χ1) is 0. The van der Waals surface area contributed by atoms with E-state index >= 15 is 0 Å². The van der Waals surface area contributed by atoms with Gasteiger partial charge in [0.05, 0.1) is 0 Å². The van der Waals surface area contributed by atoms with Crippen LogP contribution < -0.4 is 102 Å². The molecule has 0 aliphatic heterocycles. The zero-order chi connectivity index (χ0) is 0. The zero-order valence-corrected chi connectivity index (χ0v) is 18.5. The van der Waals surface area contributed by atoms with E-state index < -0.39 is 0 Å². The summed E-state index contributed by atoms with van der Waals surface area (Å²) in [5.74, 6) is 0. The van der Waals surface area contributed by atoms with Gasteiger partial charge >= 0.3 is 41.3 Å². The number of hydrogen-bond donors (Lipinski definition) is 0. The van der Waals surface area contributed by atoms with Crippen molar-refractivity contribution in [2.75, 3.05) is 0 Å². The van der Waals surface area contributed by atoms with Gasteiger partial charge in [-0.2, -0.15) is 0 Å². The minimum absolute atomic E-state index is 0. The molecule has 0 heterocycles. The van der Waals surface area contributed by atoms with Crippen molar-refractivity contribution in [1.82, 2.24) is 0 Å². The molecule has 0 aliphatic rings. The summed E-state index contributed by atoms with van der Waals surface area (Å²) >= 11 is 0. The van der Waals surface area contributed by atoms with Crippen molar-refractivity contribution in [3.8, 4) is 0 Å². The molecule has 0 aromatic heterocycles. The van der Waals surface area contributed by atoms with E-state index in [0.29, 0.717) is 0 Å². The smallest absolute Gasteiger partial charge is 1.00 e. The molecule has 0 aromatic rings. The third-order valence-corrected chi connectivity index (χ3v) is 0. The van der Waals surface area contributed by atoms with E-state index in [0.717, 1.165) is 0 Å². The van der Waals surface area contributed by atoms with Crippen LogP contribution in [0, 0.1) is 41.3 Å². The second kappa shape index (κ2) is 105. The molecule has 0 fully saturated rings. The Balaban J connectivity index is 0. The van der Waals surface area contributed by atoms with Crippen molar-refractivity contribution in [2.24, 2.45) is 0 Å². The molecule has 71 valence electrons. The Hall–Kier alpha value is 3.46. The normalized spacial score (nSPS) is 0. The minimum Gasteiger partial charge on any atom is -1.00 e. The maximum Gasteiger partial charge on any atom is 3.00 e. The summed E-state index contributed by atoms with van der Waals surface area (Å²) in [7, 11) is 0. The molecular weight excluding hydrogens is 910 g/mol. The van der Waals surface area contributed by atoms with Crippen molar-refractivity contribution in [3.05, 3.63) is 0 Å². The van der Waals surface area contributed by atoms with Crippen LogP contribution in [-0.2, 0) is 0 Å². The summed E-state index contributed by atoms with van der Waals surface area (Å²) in [5, 5.41) is 0. The van der Waals surface area contributed by atoms with Crippen molar-refractivity contribution < 1.29 is 143 Å². The van der Waals surface area contributed by atoms with Gasteiger partial charge in [0.25, 0.3) is 0 Å². The molecule has 9 heteroatoms. The van der Waals surface area contributed by atoms with Crippen LogP contribution in [0.2, 0.25) is 0 Å². The second-order valence-corrected chi connectivity index (χ2v) is 0. The first-order valence-electron chi connectivity index (χ1n) is 0. The maximum atomic E-state index is 0. The second-order valence-electron chi connectivity index (χ2n) is 0. The first kappa shape index (κ1) is 137. The predicted octanol–water partition coefficient (Wildman–Crippen LogP) is -19.4. The average Bonchev–Trinajstić information content (AvgIpc) is 0. The fraction of sp³-hybridized carbons (Fsp3) is 0. The maximum absolute atomic E-state index is 0. The molecule has 0 spiro atoms. The number of rotatable bonds is 0. The van der Waals surface area contributed by atoms with Crippen molar-refractivity contribution in [2.45, 2.75) is 0 Å². The van der Waals surface area contributed by atoms with Gasteiger partial charge < -0.3 is 102 Å². The van der Waals surface area contributed by atoms with E-state index in [-0.39, 0.29) is 154 Å². The Kier molecular flexibility index (Phi) is 1590. The van der Waals surface area contributed by atoms with Crippen LogP contribution in [0.25, 0.3) is 0 Å². The molecule has 0 saturated carbocycles. The van der Waals surface area contributed by atoms with E-state index in [4.69, 9.17) is 0 Å². The molecule has 9 heavy (non-hydrogen) atoms. The van der Waals surface area contributed by atoms with E-state index in [9.17, 15) is 0 Å². The van der Waals surface area contributed by atoms with Crippen LogP contribution in [0.5, 0.6) is 0 Å². The fourth-order valence-electron chi connectivity index (χ4n) is 0. The molecule has 0 unspecified atom stereocenters. The fourth-order valence-corrected chi connectivity index (χ4v) is 0. The van der Waals surface area contributed by atoms with Crippen LogP contribution >= 0.6 is 0 Å². The third kappa shape index (κ3) is 85.7. The van der Waals surface area contributed by atoms with Gasteiger partial charge in [0, 0.05) is 0 Å². The van der Waals surface area contributed by atoms with Crippen molar-refractivity contribution in [1.29, 1.82) is 0 Å². The quantitative estimate of drug-likeness (QED) is 0.212. The van der Waals surface area contributed by atoms with Crippen LogP contribution in [0.1, 0.15) is 0 Å². The van der Waals surface area contributed by atoms with E-state index in [2.05, 4.69) is 0 Å². The molecule has 0 aliphatic carbocycles. The van der Waals surface area contributed by atoms with Gasteiger partial charge in [-0.15, -0.1) is 0 Å². The Morgan fingerprint density at radius 1 is 0.444 bits per heavy atom. The van der Waals surface area contributed by atoms with Gasteiger partial charge in [-0.05, 0) is 11.0 Å². The Labute approximate surface area is 151 Å². The SMILES string of the molecule is [Br-].[Br-].[Br-].[Br-].[Br-].[Br-].[Lr].[Pr+3].[SiH4]. The van der Waals surface area contributed by atoms with Crippen LogP contribution in [0.3, 0.4) is 0 Å². The first-order valence-corrected chi connectivity index (χ1v) is 0. The summed E-state index contributed by atoms with van der Waals surface area (Å²) in [6.45, 7) is 0. The van der Waals surface area contributed by atoms with Crippen LogP contribution in [0.4, 0.5) is 0 Å². The molecule has 1 radical (unpaired) electrons. The predicted molar refractivity (Wildman–Crippen MR) is 11.3 cm³/mol. The molecule has 0 N–H and O–H groups in total. The molecule has 0 bridgehead atoms. The van der Waals surface area contributed by atoms with Gasteiger partial charge in [-0.1, -0.05) is 0 Å². The van der Waals surface area contributed by atoms with Gasteiger partial charge in [0.15, 0.2) is 0 Å². The standard InChI is InChI=1S/6BrH.Lr.Pr.H4Si/h6*1H;;;1H4/q;;;;;;;+3;/p-6. The zero-order valence-electron chi connectivity index (χ0n) is 3.10. The summed E-state index contributed by atoms with van der Waals surface area (Å²) in [4.78, 5) is 0. The van der Waals surface area contributed by atoms with Crippen LogP contribution in [-0.4, -0.2) is 11.0 Å². The summed E-state index contributed by atoms with van der Waals surface area (Å²) < 4.78 is 0. The monoisotopic (exact) mass is 909 g/mol. The minimum atomic E-state index is 0. The molecule has 0 amide bonds. The Bertz CT molecular complexity index is 13.0. The topological polar surface area (TPSA) is 0 Å². The number of halogens is 6. The molecule has 0 aromatic carbocycles. The number of hydrogen-bond acceptors (Lipinski definition) is 0. The Morgan fingerprint density at radius 2 is 0.444 bits per heavy atom. The summed E-state index contributed by atoms with van der Waals surface area (Å²) in [6, 6.07) is 0. The van der Waals surface area contributed by atoms with E-state index in [1.165, 1.54) is 0 Å². The van der Waals surface area contributed by atoms with Crippen LogP contribution in [0.15, 0.2) is 0 Å². The van der Waals surface area contributed by atoms with Gasteiger partial charge in [0.2, 0.25) is 0 Å². The van der Waals surface area contributed by atoms with E-state index in [1.807, 2.05) is 0 Å². The van der Waals surface area contributed by atoms with Gasteiger partial charge in [-0.3, -0.25) is 0 Å². The summed E-state index contributed by atoms with van der Waals surface area (Å²) in [5.41, 5.74) is 0. The molecular formula is H4Br6LrPrSi-3. The van der Waals surface area contributed by atoms with Crippen molar-refractivity contribution >= 4 is 11.0 Å².